The molecule has 1 aliphatic heterocycles. The lowest BCUT2D eigenvalue weighted by Gasteiger charge is -2.31. The van der Waals surface area contributed by atoms with Crippen molar-refractivity contribution in [3.8, 4) is 0 Å². The Morgan fingerprint density at radius 3 is 2.48 bits per heavy atom. The van der Waals surface area contributed by atoms with Crippen LogP contribution in [0.25, 0.3) is 0 Å². The highest BCUT2D eigenvalue weighted by molar-refractivity contribution is 5.94. The Morgan fingerprint density at radius 2 is 1.84 bits per heavy atom. The molecule has 1 fully saturated rings. The quantitative estimate of drug-likeness (QED) is 0.909. The number of amides is 2. The molecule has 3 rings (SSSR count). The van der Waals surface area contributed by atoms with Crippen molar-refractivity contribution < 1.29 is 14.0 Å². The fraction of sp³-hybridized carbons (Fsp3) is 0.400. The highest BCUT2D eigenvalue weighted by Gasteiger charge is 2.25. The Labute approximate surface area is 148 Å². The molecule has 1 aliphatic rings. The average molecular weight is 340 g/mol. The molecule has 132 valence electrons. The van der Waals surface area contributed by atoms with Crippen LogP contribution in [-0.4, -0.2) is 29.8 Å². The van der Waals surface area contributed by atoms with E-state index >= 15 is 0 Å². The SMILES string of the molecule is Cc1ccc(CNC(=O)CC2CCN(C(=O)c3ccccc3)CC2)o1. The molecule has 1 aromatic carbocycles. The molecule has 1 N–H and O–H groups in total. The number of hydrogen-bond donors (Lipinski definition) is 1. The van der Waals surface area contributed by atoms with Crippen LogP contribution in [0.4, 0.5) is 0 Å². The lowest BCUT2D eigenvalue weighted by molar-refractivity contribution is -0.122. The maximum atomic E-state index is 12.4. The molecule has 0 spiro atoms. The second-order valence-electron chi connectivity index (χ2n) is 6.59. The molecule has 5 nitrogen and oxygen atoms in total. The lowest BCUT2D eigenvalue weighted by atomic mass is 9.93. The molecule has 0 unspecified atom stereocenters. The van der Waals surface area contributed by atoms with Gasteiger partial charge in [-0.05, 0) is 49.9 Å². The molecule has 2 aromatic rings. The van der Waals surface area contributed by atoms with Crippen LogP contribution in [-0.2, 0) is 11.3 Å². The third-order valence-electron chi connectivity index (χ3n) is 4.65. The Morgan fingerprint density at radius 1 is 1.12 bits per heavy atom. The van der Waals surface area contributed by atoms with Gasteiger partial charge in [0.05, 0.1) is 6.54 Å². The van der Waals surface area contributed by atoms with Gasteiger partial charge in [-0.25, -0.2) is 0 Å². The molecule has 1 aromatic heterocycles. The van der Waals surface area contributed by atoms with Crippen LogP contribution in [0.2, 0.25) is 0 Å². The number of nitrogens with zero attached hydrogens (tertiary/aromatic N) is 1. The topological polar surface area (TPSA) is 62.6 Å². The van der Waals surface area contributed by atoms with Gasteiger partial charge >= 0.3 is 0 Å². The maximum absolute atomic E-state index is 12.4. The summed E-state index contributed by atoms with van der Waals surface area (Å²) in [6, 6.07) is 13.1. The smallest absolute Gasteiger partial charge is 0.253 e. The number of hydrogen-bond acceptors (Lipinski definition) is 3. The van der Waals surface area contributed by atoms with Crippen molar-refractivity contribution in [1.82, 2.24) is 10.2 Å². The van der Waals surface area contributed by atoms with E-state index in [0.717, 1.165) is 29.9 Å². The largest absolute Gasteiger partial charge is 0.465 e. The minimum atomic E-state index is 0.0434. The number of furan rings is 1. The zero-order chi connectivity index (χ0) is 17.6. The number of piperidine rings is 1. The summed E-state index contributed by atoms with van der Waals surface area (Å²) in [5.41, 5.74) is 0.729. The van der Waals surface area contributed by atoms with Gasteiger partial charge in [0.1, 0.15) is 11.5 Å². The van der Waals surface area contributed by atoms with Crippen molar-refractivity contribution >= 4 is 11.8 Å². The van der Waals surface area contributed by atoms with Crippen LogP contribution in [0.5, 0.6) is 0 Å². The molecule has 25 heavy (non-hydrogen) atoms. The van der Waals surface area contributed by atoms with E-state index in [9.17, 15) is 9.59 Å². The number of likely N-dealkylation sites (tertiary alicyclic amines) is 1. The van der Waals surface area contributed by atoms with Gasteiger partial charge in [-0.1, -0.05) is 18.2 Å². The summed E-state index contributed by atoms with van der Waals surface area (Å²) in [4.78, 5) is 26.4. The second-order valence-corrected chi connectivity index (χ2v) is 6.59. The summed E-state index contributed by atoms with van der Waals surface area (Å²) in [6.45, 7) is 3.74. The number of rotatable bonds is 5. The fourth-order valence-corrected chi connectivity index (χ4v) is 3.20. The number of benzene rings is 1. The van der Waals surface area contributed by atoms with Gasteiger partial charge in [-0.2, -0.15) is 0 Å². The van der Waals surface area contributed by atoms with E-state index in [1.807, 2.05) is 54.3 Å². The molecule has 2 amide bonds. The molecule has 0 bridgehead atoms. The molecule has 0 radical (unpaired) electrons. The van der Waals surface area contributed by atoms with E-state index < -0.39 is 0 Å². The predicted molar refractivity (Wildman–Crippen MR) is 95.0 cm³/mol. The molecular formula is C20H24N2O3. The highest BCUT2D eigenvalue weighted by Crippen LogP contribution is 2.22. The monoisotopic (exact) mass is 340 g/mol. The molecule has 5 heteroatoms. The number of aryl methyl sites for hydroxylation is 1. The molecular weight excluding hydrogens is 316 g/mol. The summed E-state index contributed by atoms with van der Waals surface area (Å²) in [7, 11) is 0. The molecule has 0 atom stereocenters. The molecule has 0 saturated carbocycles. The summed E-state index contributed by atoms with van der Waals surface area (Å²) in [5.74, 6) is 2.07. The van der Waals surface area contributed by atoms with Crippen molar-refractivity contribution in [2.45, 2.75) is 32.7 Å². The fourth-order valence-electron chi connectivity index (χ4n) is 3.20. The van der Waals surface area contributed by atoms with Gasteiger partial charge in [0.2, 0.25) is 5.91 Å². The lowest BCUT2D eigenvalue weighted by Crippen LogP contribution is -2.39. The van der Waals surface area contributed by atoms with Crippen molar-refractivity contribution in [3.05, 3.63) is 59.5 Å². The van der Waals surface area contributed by atoms with Crippen molar-refractivity contribution in [2.24, 2.45) is 5.92 Å². The number of nitrogens with one attached hydrogen (secondary N) is 1. The average Bonchev–Trinajstić information content (AvgIpc) is 3.06. The maximum Gasteiger partial charge on any atom is 0.253 e. The summed E-state index contributed by atoms with van der Waals surface area (Å²) in [5, 5.41) is 2.91. The summed E-state index contributed by atoms with van der Waals surface area (Å²) < 4.78 is 5.45. The molecule has 0 aliphatic carbocycles. The number of carbonyl (C=O) groups is 2. The first-order valence-corrected chi connectivity index (χ1v) is 8.78. The Hall–Kier alpha value is -2.56. The zero-order valence-corrected chi connectivity index (χ0v) is 14.5. The van der Waals surface area contributed by atoms with Crippen LogP contribution in [0.15, 0.2) is 46.9 Å². The molecule has 1 saturated heterocycles. The van der Waals surface area contributed by atoms with E-state index in [4.69, 9.17) is 4.42 Å². The Balaban J connectivity index is 1.41. The van der Waals surface area contributed by atoms with E-state index in [-0.39, 0.29) is 11.8 Å². The molecule has 2 heterocycles. The summed E-state index contributed by atoms with van der Waals surface area (Å²) in [6.07, 6.45) is 2.24. The second kappa shape index (κ2) is 8.01. The van der Waals surface area contributed by atoms with Gasteiger partial charge in [0.15, 0.2) is 0 Å². The predicted octanol–water partition coefficient (Wildman–Crippen LogP) is 3.15. The van der Waals surface area contributed by atoms with Crippen LogP contribution in [0, 0.1) is 12.8 Å². The first-order chi connectivity index (χ1) is 12.1. The minimum Gasteiger partial charge on any atom is -0.465 e. The van der Waals surface area contributed by atoms with Gasteiger partial charge in [0.25, 0.3) is 5.91 Å². The Kier molecular flexibility index (Phi) is 5.53. The van der Waals surface area contributed by atoms with Gasteiger partial charge < -0.3 is 14.6 Å². The van der Waals surface area contributed by atoms with E-state index in [1.54, 1.807) is 0 Å². The standard InChI is InChI=1S/C20H24N2O3/c1-15-7-8-18(25-15)14-21-19(23)13-16-9-11-22(12-10-16)20(24)17-5-3-2-4-6-17/h2-8,16H,9-14H2,1H3,(H,21,23). The Bertz CT molecular complexity index is 716. The van der Waals surface area contributed by atoms with Gasteiger partial charge in [-0.3, -0.25) is 9.59 Å². The minimum absolute atomic E-state index is 0.0434. The van der Waals surface area contributed by atoms with Crippen LogP contribution in [0.1, 0.15) is 41.1 Å². The van der Waals surface area contributed by atoms with Crippen LogP contribution >= 0.6 is 0 Å². The van der Waals surface area contributed by atoms with Crippen molar-refractivity contribution in [1.29, 1.82) is 0 Å². The third kappa shape index (κ3) is 4.72. The zero-order valence-electron chi connectivity index (χ0n) is 14.5. The number of carbonyl (C=O) groups excluding carboxylic acids is 2. The first kappa shape index (κ1) is 17.3. The first-order valence-electron chi connectivity index (χ1n) is 8.78. The van der Waals surface area contributed by atoms with E-state index in [0.29, 0.717) is 32.0 Å². The van der Waals surface area contributed by atoms with Gasteiger partial charge in [-0.15, -0.1) is 0 Å². The van der Waals surface area contributed by atoms with Crippen LogP contribution < -0.4 is 5.32 Å². The van der Waals surface area contributed by atoms with Gasteiger partial charge in [0, 0.05) is 25.1 Å². The third-order valence-corrected chi connectivity index (χ3v) is 4.65. The summed E-state index contributed by atoms with van der Waals surface area (Å²) >= 11 is 0. The van der Waals surface area contributed by atoms with Crippen molar-refractivity contribution in [3.63, 3.8) is 0 Å². The van der Waals surface area contributed by atoms with Crippen LogP contribution in [0.3, 0.4) is 0 Å². The van der Waals surface area contributed by atoms with E-state index in [1.165, 1.54) is 0 Å². The van der Waals surface area contributed by atoms with E-state index in [2.05, 4.69) is 5.32 Å². The normalized spacial score (nSPS) is 15.2. The van der Waals surface area contributed by atoms with Crippen molar-refractivity contribution in [2.75, 3.05) is 13.1 Å². The highest BCUT2D eigenvalue weighted by atomic mass is 16.3.